The van der Waals surface area contributed by atoms with E-state index in [1.54, 1.807) is 42.7 Å². The normalized spacial score (nSPS) is 10.8. The predicted octanol–water partition coefficient (Wildman–Crippen LogP) is 3.75. The van der Waals surface area contributed by atoms with E-state index in [-0.39, 0.29) is 10.6 Å². The predicted molar refractivity (Wildman–Crippen MR) is 122 cm³/mol. The first-order valence-electron chi connectivity index (χ1n) is 9.55. The van der Waals surface area contributed by atoms with Gasteiger partial charge >= 0.3 is 0 Å². The minimum absolute atomic E-state index is 0.249. The molecular weight excluding hydrogens is 422 g/mol. The lowest BCUT2D eigenvalue weighted by molar-refractivity contribution is 0.602. The number of nitrogens with one attached hydrogen (secondary N) is 1. The third-order valence-electron chi connectivity index (χ3n) is 4.66. The maximum absolute atomic E-state index is 11.6. The Bertz CT molecular complexity index is 1540. The zero-order valence-electron chi connectivity index (χ0n) is 17.3. The molecule has 0 aliphatic heterocycles. The largest absolute Gasteiger partial charge is 0.340 e. The molecular formula is C24H17N5O2S. The molecule has 32 heavy (non-hydrogen) atoms. The summed E-state index contributed by atoms with van der Waals surface area (Å²) in [6.45, 7) is 1.82. The van der Waals surface area contributed by atoms with Crippen molar-refractivity contribution in [2.75, 3.05) is 11.6 Å². The van der Waals surface area contributed by atoms with Crippen molar-refractivity contribution < 1.29 is 8.42 Å². The number of aromatic nitrogens is 3. The van der Waals surface area contributed by atoms with Gasteiger partial charge < -0.3 is 5.32 Å². The van der Waals surface area contributed by atoms with E-state index >= 15 is 0 Å². The fourth-order valence-electron chi connectivity index (χ4n) is 3.04. The van der Waals surface area contributed by atoms with Crippen molar-refractivity contribution >= 4 is 32.1 Å². The lowest BCUT2D eigenvalue weighted by Crippen LogP contribution is -1.98. The Morgan fingerprint density at radius 1 is 0.969 bits per heavy atom. The highest BCUT2D eigenvalue weighted by atomic mass is 32.2. The molecule has 4 rings (SSSR count). The summed E-state index contributed by atoms with van der Waals surface area (Å²) in [5.74, 6) is 6.60. The average Bonchev–Trinajstić information content (AvgIpc) is 2.78. The van der Waals surface area contributed by atoms with Crippen LogP contribution in [0, 0.1) is 30.1 Å². The van der Waals surface area contributed by atoms with E-state index in [9.17, 15) is 13.7 Å². The van der Waals surface area contributed by atoms with Gasteiger partial charge in [0.2, 0.25) is 0 Å². The van der Waals surface area contributed by atoms with Crippen LogP contribution >= 0.6 is 0 Å². The second kappa shape index (κ2) is 8.46. The molecule has 156 valence electrons. The van der Waals surface area contributed by atoms with Crippen molar-refractivity contribution in [3.8, 4) is 17.9 Å². The Balaban J connectivity index is 1.68. The maximum atomic E-state index is 11.6. The summed E-state index contributed by atoms with van der Waals surface area (Å²) in [7, 11) is -3.26. The molecule has 0 saturated carbocycles. The van der Waals surface area contributed by atoms with Gasteiger partial charge in [-0.25, -0.2) is 23.4 Å². The number of pyridine rings is 3. The standard InChI is InChI=1S/C24H17N5O2S/c1-16-3-4-17(23(14-25)28-16)5-10-22-21-13-24(27-15-18(21)11-12-26-22)29-19-6-8-20(9-7-19)32(2,30)31/h3-4,6-9,11-13,15H,1-2H3,(H,27,29). The van der Waals surface area contributed by atoms with Gasteiger partial charge in [0.1, 0.15) is 17.6 Å². The summed E-state index contributed by atoms with van der Waals surface area (Å²) in [6, 6.07) is 15.8. The second-order valence-corrected chi connectivity index (χ2v) is 9.10. The number of anilines is 2. The fraction of sp³-hybridized carbons (Fsp3) is 0.0833. The van der Waals surface area contributed by atoms with Gasteiger partial charge in [-0.15, -0.1) is 0 Å². The molecule has 0 amide bonds. The van der Waals surface area contributed by atoms with E-state index in [0.29, 0.717) is 22.8 Å². The quantitative estimate of drug-likeness (QED) is 0.484. The van der Waals surface area contributed by atoms with E-state index < -0.39 is 9.84 Å². The molecule has 3 aromatic heterocycles. The Labute approximate surface area is 185 Å². The van der Waals surface area contributed by atoms with Crippen LogP contribution in [-0.2, 0) is 9.84 Å². The van der Waals surface area contributed by atoms with Crippen molar-refractivity contribution in [2.24, 2.45) is 0 Å². The average molecular weight is 440 g/mol. The second-order valence-electron chi connectivity index (χ2n) is 7.08. The molecule has 0 atom stereocenters. The van der Waals surface area contributed by atoms with Gasteiger partial charge in [-0.1, -0.05) is 5.92 Å². The summed E-state index contributed by atoms with van der Waals surface area (Å²) >= 11 is 0. The molecule has 8 heteroatoms. The van der Waals surface area contributed by atoms with Crippen LogP contribution in [-0.4, -0.2) is 29.6 Å². The number of sulfone groups is 1. The highest BCUT2D eigenvalue weighted by Crippen LogP contribution is 2.22. The van der Waals surface area contributed by atoms with E-state index in [2.05, 4.69) is 38.2 Å². The minimum Gasteiger partial charge on any atom is -0.340 e. The molecule has 1 N–H and O–H groups in total. The summed E-state index contributed by atoms with van der Waals surface area (Å²) in [4.78, 5) is 13.2. The Morgan fingerprint density at radius 2 is 1.75 bits per heavy atom. The molecule has 0 spiro atoms. The molecule has 0 saturated heterocycles. The SMILES string of the molecule is Cc1ccc(C#Cc2nccc3cnc(Nc4ccc(S(C)(=O)=O)cc4)cc23)c(C#N)n1. The van der Waals surface area contributed by atoms with Crippen molar-refractivity contribution in [1.82, 2.24) is 15.0 Å². The highest BCUT2D eigenvalue weighted by molar-refractivity contribution is 7.90. The van der Waals surface area contributed by atoms with Crippen LogP contribution in [0.4, 0.5) is 11.5 Å². The zero-order chi connectivity index (χ0) is 22.7. The van der Waals surface area contributed by atoms with Crippen molar-refractivity contribution in [3.05, 3.63) is 83.6 Å². The van der Waals surface area contributed by atoms with Gasteiger partial charge in [-0.3, -0.25) is 0 Å². The highest BCUT2D eigenvalue weighted by Gasteiger charge is 2.08. The third kappa shape index (κ3) is 4.56. The van der Waals surface area contributed by atoms with Gasteiger partial charge in [0, 0.05) is 40.8 Å². The van der Waals surface area contributed by atoms with E-state index in [0.717, 1.165) is 16.5 Å². The lowest BCUT2D eigenvalue weighted by atomic mass is 10.1. The van der Waals surface area contributed by atoms with Crippen LogP contribution in [0.2, 0.25) is 0 Å². The van der Waals surface area contributed by atoms with E-state index in [1.165, 1.54) is 6.26 Å². The van der Waals surface area contributed by atoms with Crippen molar-refractivity contribution in [2.45, 2.75) is 11.8 Å². The number of fused-ring (bicyclic) bond motifs is 1. The Kier molecular flexibility index (Phi) is 5.55. The fourth-order valence-corrected chi connectivity index (χ4v) is 3.67. The monoisotopic (exact) mass is 439 g/mol. The summed E-state index contributed by atoms with van der Waals surface area (Å²) in [6.07, 6.45) is 4.54. The molecule has 0 radical (unpaired) electrons. The van der Waals surface area contributed by atoms with Crippen LogP contribution in [0.1, 0.15) is 22.6 Å². The molecule has 0 bridgehead atoms. The number of hydrogen-bond donors (Lipinski definition) is 1. The first-order chi connectivity index (χ1) is 15.3. The molecule has 0 aliphatic rings. The molecule has 0 fully saturated rings. The van der Waals surface area contributed by atoms with Gasteiger partial charge in [0.25, 0.3) is 0 Å². The Morgan fingerprint density at radius 3 is 2.47 bits per heavy atom. The third-order valence-corrected chi connectivity index (χ3v) is 5.79. The summed E-state index contributed by atoms with van der Waals surface area (Å²) in [5, 5.41) is 14.1. The van der Waals surface area contributed by atoms with Gasteiger partial charge in [0.05, 0.1) is 10.5 Å². The van der Waals surface area contributed by atoms with Crippen molar-refractivity contribution in [3.63, 3.8) is 0 Å². The Hall–Kier alpha value is -4.27. The smallest absolute Gasteiger partial charge is 0.175 e. The van der Waals surface area contributed by atoms with Crippen molar-refractivity contribution in [1.29, 1.82) is 5.26 Å². The number of aryl methyl sites for hydroxylation is 1. The molecule has 4 aromatic rings. The lowest BCUT2D eigenvalue weighted by Gasteiger charge is -2.08. The van der Waals surface area contributed by atoms with E-state index in [1.807, 2.05) is 25.1 Å². The minimum atomic E-state index is -3.26. The topological polar surface area (TPSA) is 109 Å². The number of nitriles is 1. The van der Waals surface area contributed by atoms with Gasteiger partial charge in [0.15, 0.2) is 15.5 Å². The van der Waals surface area contributed by atoms with Crippen LogP contribution in [0.25, 0.3) is 10.8 Å². The number of rotatable bonds is 3. The van der Waals surface area contributed by atoms with Gasteiger partial charge in [-0.2, -0.15) is 5.26 Å². The molecule has 1 aromatic carbocycles. The molecule has 3 heterocycles. The van der Waals surface area contributed by atoms with Crippen LogP contribution in [0.15, 0.2) is 65.8 Å². The maximum Gasteiger partial charge on any atom is 0.175 e. The molecule has 7 nitrogen and oxygen atoms in total. The zero-order valence-corrected chi connectivity index (χ0v) is 18.1. The summed E-state index contributed by atoms with van der Waals surface area (Å²) < 4.78 is 23.3. The van der Waals surface area contributed by atoms with Crippen LogP contribution < -0.4 is 5.32 Å². The number of hydrogen-bond acceptors (Lipinski definition) is 7. The first-order valence-corrected chi connectivity index (χ1v) is 11.4. The first kappa shape index (κ1) is 21.0. The summed E-state index contributed by atoms with van der Waals surface area (Å²) in [5.41, 5.74) is 2.81. The van der Waals surface area contributed by atoms with Crippen LogP contribution in [0.5, 0.6) is 0 Å². The molecule has 0 aliphatic carbocycles. The van der Waals surface area contributed by atoms with E-state index in [4.69, 9.17) is 0 Å². The molecule has 0 unspecified atom stereocenters. The number of benzene rings is 1. The number of nitrogens with zero attached hydrogens (tertiary/aromatic N) is 4. The van der Waals surface area contributed by atoms with Gasteiger partial charge in [-0.05, 0) is 61.4 Å². The van der Waals surface area contributed by atoms with Crippen LogP contribution in [0.3, 0.4) is 0 Å².